The zero-order valence-electron chi connectivity index (χ0n) is 12.9. The number of aromatic nitrogens is 1. The summed E-state index contributed by atoms with van der Waals surface area (Å²) in [6.45, 7) is 1.28. The van der Waals surface area contributed by atoms with Crippen LogP contribution in [0.3, 0.4) is 0 Å². The van der Waals surface area contributed by atoms with Crippen molar-refractivity contribution in [1.29, 1.82) is 0 Å². The first kappa shape index (κ1) is 17.0. The lowest BCUT2D eigenvalue weighted by molar-refractivity contribution is 0.111. The summed E-state index contributed by atoms with van der Waals surface area (Å²) < 4.78 is 6.75. The number of likely N-dealkylation sites (tertiary alicyclic amines) is 1. The summed E-state index contributed by atoms with van der Waals surface area (Å²) in [5, 5.41) is 3.47. The number of amides is 2. The van der Waals surface area contributed by atoms with Crippen LogP contribution in [-0.4, -0.2) is 35.1 Å². The van der Waals surface area contributed by atoms with Gasteiger partial charge in [0, 0.05) is 42.8 Å². The van der Waals surface area contributed by atoms with Crippen LogP contribution in [0.15, 0.2) is 47.1 Å². The summed E-state index contributed by atoms with van der Waals surface area (Å²) in [5.41, 5.74) is 0.697. The van der Waals surface area contributed by atoms with E-state index in [1.54, 1.807) is 23.2 Å². The highest BCUT2D eigenvalue weighted by Gasteiger charge is 2.24. The SMILES string of the molecule is O=C(Nc1cccc(Cl)c1)N1CCC(Oc2ncccc2Br)CC1. The van der Waals surface area contributed by atoms with Gasteiger partial charge in [0.25, 0.3) is 0 Å². The molecule has 1 fully saturated rings. The standard InChI is InChI=1S/C17H17BrClN3O2/c18-15-5-2-8-20-16(15)24-14-6-9-22(10-7-14)17(23)21-13-4-1-3-12(19)11-13/h1-5,8,11,14H,6-7,9-10H2,(H,21,23). The molecule has 0 aliphatic carbocycles. The van der Waals surface area contributed by atoms with Crippen molar-refractivity contribution in [3.05, 3.63) is 52.1 Å². The van der Waals surface area contributed by atoms with E-state index in [-0.39, 0.29) is 12.1 Å². The van der Waals surface area contributed by atoms with E-state index in [1.165, 1.54) is 0 Å². The lowest BCUT2D eigenvalue weighted by atomic mass is 10.1. The normalized spacial score (nSPS) is 15.2. The molecule has 0 saturated carbocycles. The number of benzene rings is 1. The van der Waals surface area contributed by atoms with Gasteiger partial charge in [-0.1, -0.05) is 17.7 Å². The van der Waals surface area contributed by atoms with Crippen LogP contribution in [0.5, 0.6) is 5.88 Å². The minimum absolute atomic E-state index is 0.0615. The van der Waals surface area contributed by atoms with Crippen LogP contribution in [0, 0.1) is 0 Å². The number of halogens is 2. The van der Waals surface area contributed by atoms with Crippen LogP contribution in [-0.2, 0) is 0 Å². The Morgan fingerprint density at radius 3 is 2.79 bits per heavy atom. The molecule has 2 heterocycles. The Labute approximate surface area is 154 Å². The molecule has 0 unspecified atom stereocenters. The largest absolute Gasteiger partial charge is 0.473 e. The van der Waals surface area contributed by atoms with Gasteiger partial charge in [-0.3, -0.25) is 0 Å². The average molecular weight is 411 g/mol. The maximum absolute atomic E-state index is 12.3. The van der Waals surface area contributed by atoms with Crippen molar-refractivity contribution in [2.45, 2.75) is 18.9 Å². The quantitative estimate of drug-likeness (QED) is 0.806. The van der Waals surface area contributed by atoms with Gasteiger partial charge < -0.3 is 15.0 Å². The van der Waals surface area contributed by atoms with E-state index in [0.29, 0.717) is 29.7 Å². The maximum Gasteiger partial charge on any atom is 0.321 e. The number of nitrogens with zero attached hydrogens (tertiary/aromatic N) is 2. The van der Waals surface area contributed by atoms with Gasteiger partial charge in [0.15, 0.2) is 0 Å². The van der Waals surface area contributed by atoms with Crippen molar-refractivity contribution in [2.75, 3.05) is 18.4 Å². The first-order valence-corrected chi connectivity index (χ1v) is 8.87. The van der Waals surface area contributed by atoms with Gasteiger partial charge in [-0.2, -0.15) is 0 Å². The highest BCUT2D eigenvalue weighted by Crippen LogP contribution is 2.25. The van der Waals surface area contributed by atoms with E-state index in [9.17, 15) is 4.79 Å². The van der Waals surface area contributed by atoms with Crippen LogP contribution in [0.4, 0.5) is 10.5 Å². The van der Waals surface area contributed by atoms with Crippen molar-refractivity contribution >= 4 is 39.2 Å². The molecule has 3 rings (SSSR count). The third-order valence-electron chi connectivity index (χ3n) is 3.81. The third-order valence-corrected chi connectivity index (χ3v) is 4.65. The molecule has 0 spiro atoms. The number of hydrogen-bond donors (Lipinski definition) is 1. The average Bonchev–Trinajstić information content (AvgIpc) is 2.57. The van der Waals surface area contributed by atoms with Crippen LogP contribution in [0.2, 0.25) is 5.02 Å². The summed E-state index contributed by atoms with van der Waals surface area (Å²) in [5.74, 6) is 0.597. The predicted octanol–water partition coefficient (Wildman–Crippen LogP) is 4.57. The Morgan fingerprint density at radius 1 is 1.29 bits per heavy atom. The molecule has 1 aliphatic rings. The number of nitrogens with one attached hydrogen (secondary N) is 1. The van der Waals surface area contributed by atoms with Gasteiger partial charge in [0.1, 0.15) is 6.10 Å². The highest BCUT2D eigenvalue weighted by atomic mass is 79.9. The van der Waals surface area contributed by atoms with E-state index in [1.807, 2.05) is 24.3 Å². The zero-order valence-corrected chi connectivity index (χ0v) is 15.3. The van der Waals surface area contributed by atoms with Crippen LogP contribution in [0.25, 0.3) is 0 Å². The first-order valence-electron chi connectivity index (χ1n) is 7.70. The van der Waals surface area contributed by atoms with Crippen LogP contribution in [0.1, 0.15) is 12.8 Å². The van der Waals surface area contributed by atoms with Crippen LogP contribution < -0.4 is 10.1 Å². The smallest absolute Gasteiger partial charge is 0.321 e. The summed E-state index contributed by atoms with van der Waals surface area (Å²) in [6.07, 6.45) is 3.30. The van der Waals surface area contributed by atoms with Crippen molar-refractivity contribution in [1.82, 2.24) is 9.88 Å². The Bertz CT molecular complexity index is 720. The minimum Gasteiger partial charge on any atom is -0.473 e. The molecule has 126 valence electrons. The predicted molar refractivity (Wildman–Crippen MR) is 97.6 cm³/mol. The molecule has 0 bridgehead atoms. The third kappa shape index (κ3) is 4.39. The second-order valence-electron chi connectivity index (χ2n) is 5.54. The lowest BCUT2D eigenvalue weighted by Crippen LogP contribution is -2.43. The van der Waals surface area contributed by atoms with Crippen LogP contribution >= 0.6 is 27.5 Å². The number of ether oxygens (including phenoxy) is 1. The second-order valence-corrected chi connectivity index (χ2v) is 6.83. The maximum atomic E-state index is 12.3. The van der Waals surface area contributed by atoms with E-state index in [2.05, 4.69) is 26.2 Å². The minimum atomic E-state index is -0.116. The van der Waals surface area contributed by atoms with Gasteiger partial charge in [0.05, 0.1) is 4.47 Å². The molecule has 1 aromatic carbocycles. The van der Waals surface area contributed by atoms with Crippen molar-refractivity contribution in [3.63, 3.8) is 0 Å². The summed E-state index contributed by atoms with van der Waals surface area (Å²) in [4.78, 5) is 18.3. The topological polar surface area (TPSA) is 54.5 Å². The number of hydrogen-bond acceptors (Lipinski definition) is 3. The molecule has 5 nitrogen and oxygen atoms in total. The van der Waals surface area contributed by atoms with Gasteiger partial charge in [-0.05, 0) is 46.3 Å². The number of urea groups is 1. The number of carbonyl (C=O) groups is 1. The zero-order chi connectivity index (χ0) is 16.9. The molecule has 0 atom stereocenters. The van der Waals surface area contributed by atoms with Crippen molar-refractivity contribution < 1.29 is 9.53 Å². The van der Waals surface area contributed by atoms with Gasteiger partial charge in [-0.15, -0.1) is 0 Å². The number of pyridine rings is 1. The summed E-state index contributed by atoms with van der Waals surface area (Å²) in [7, 11) is 0. The summed E-state index contributed by atoms with van der Waals surface area (Å²) >= 11 is 9.36. The van der Waals surface area contributed by atoms with Gasteiger partial charge in [-0.25, -0.2) is 9.78 Å². The lowest BCUT2D eigenvalue weighted by Gasteiger charge is -2.32. The van der Waals surface area contributed by atoms with Crippen molar-refractivity contribution in [2.24, 2.45) is 0 Å². The Morgan fingerprint density at radius 2 is 2.08 bits per heavy atom. The van der Waals surface area contributed by atoms with E-state index < -0.39 is 0 Å². The Hall–Kier alpha value is -1.79. The molecule has 2 amide bonds. The molecular weight excluding hydrogens is 394 g/mol. The number of carbonyl (C=O) groups excluding carboxylic acids is 1. The molecule has 2 aromatic rings. The van der Waals surface area contributed by atoms with Crippen molar-refractivity contribution in [3.8, 4) is 5.88 Å². The highest BCUT2D eigenvalue weighted by molar-refractivity contribution is 9.10. The molecule has 7 heteroatoms. The Balaban J connectivity index is 1.51. The number of piperidine rings is 1. The molecule has 1 saturated heterocycles. The van der Waals surface area contributed by atoms with E-state index in [0.717, 1.165) is 17.3 Å². The number of anilines is 1. The van der Waals surface area contributed by atoms with Gasteiger partial charge >= 0.3 is 6.03 Å². The second kappa shape index (κ2) is 7.85. The fraction of sp³-hybridized carbons (Fsp3) is 0.294. The molecule has 1 aromatic heterocycles. The molecular formula is C17H17BrClN3O2. The van der Waals surface area contributed by atoms with E-state index in [4.69, 9.17) is 16.3 Å². The number of rotatable bonds is 3. The molecule has 1 aliphatic heterocycles. The van der Waals surface area contributed by atoms with Gasteiger partial charge in [0.2, 0.25) is 5.88 Å². The molecule has 1 N–H and O–H groups in total. The fourth-order valence-electron chi connectivity index (χ4n) is 2.56. The monoisotopic (exact) mass is 409 g/mol. The molecule has 24 heavy (non-hydrogen) atoms. The fourth-order valence-corrected chi connectivity index (χ4v) is 3.10. The Kier molecular flexibility index (Phi) is 5.58. The first-order chi connectivity index (χ1) is 11.6. The molecule has 0 radical (unpaired) electrons. The van der Waals surface area contributed by atoms with E-state index >= 15 is 0 Å². The summed E-state index contributed by atoms with van der Waals surface area (Å²) in [6, 6.07) is 10.8.